The lowest BCUT2D eigenvalue weighted by atomic mass is 9.97. The van der Waals surface area contributed by atoms with Gasteiger partial charge in [0, 0.05) is 38.1 Å². The van der Waals surface area contributed by atoms with E-state index in [-0.39, 0.29) is 0 Å². The lowest BCUT2D eigenvalue weighted by molar-refractivity contribution is 0.391. The summed E-state index contributed by atoms with van der Waals surface area (Å²) in [5, 5.41) is 0. The van der Waals surface area contributed by atoms with Crippen molar-refractivity contribution in [3.05, 3.63) is 12.4 Å². The van der Waals surface area contributed by atoms with Crippen LogP contribution in [0.4, 0.5) is 5.95 Å². The normalized spacial score (nSPS) is 27.0. The molecule has 0 spiro atoms. The lowest BCUT2D eigenvalue weighted by Gasteiger charge is -2.40. The van der Waals surface area contributed by atoms with E-state index >= 15 is 0 Å². The van der Waals surface area contributed by atoms with Crippen molar-refractivity contribution in [1.82, 2.24) is 9.55 Å². The van der Waals surface area contributed by atoms with Crippen molar-refractivity contribution in [3.63, 3.8) is 0 Å². The molecular formula is C11H20N4. The predicted octanol–water partition coefficient (Wildman–Crippen LogP) is 1.13. The molecular weight excluding hydrogens is 188 g/mol. The lowest BCUT2D eigenvalue weighted by Crippen LogP contribution is -2.50. The SMILES string of the molecule is CC1CCCC(CN)N1c1nccn1C. The molecule has 1 saturated heterocycles. The Morgan fingerprint density at radius 2 is 2.33 bits per heavy atom. The first-order valence-corrected chi connectivity index (χ1v) is 5.69. The highest BCUT2D eigenvalue weighted by Gasteiger charge is 2.29. The molecule has 2 N–H and O–H groups in total. The molecule has 84 valence electrons. The molecule has 1 aromatic heterocycles. The maximum Gasteiger partial charge on any atom is 0.205 e. The molecule has 0 amide bonds. The molecule has 2 unspecified atom stereocenters. The van der Waals surface area contributed by atoms with Crippen LogP contribution in [0.15, 0.2) is 12.4 Å². The van der Waals surface area contributed by atoms with Gasteiger partial charge in [-0.2, -0.15) is 0 Å². The molecule has 2 heterocycles. The Morgan fingerprint density at radius 1 is 1.53 bits per heavy atom. The number of anilines is 1. The summed E-state index contributed by atoms with van der Waals surface area (Å²) in [6, 6.07) is 1.00. The first kappa shape index (κ1) is 10.5. The zero-order chi connectivity index (χ0) is 10.8. The van der Waals surface area contributed by atoms with Gasteiger partial charge in [-0.1, -0.05) is 0 Å². The highest BCUT2D eigenvalue weighted by atomic mass is 15.3. The van der Waals surface area contributed by atoms with Gasteiger partial charge in [-0.3, -0.25) is 0 Å². The summed E-state index contributed by atoms with van der Waals surface area (Å²) >= 11 is 0. The van der Waals surface area contributed by atoms with E-state index in [2.05, 4.69) is 21.4 Å². The average molecular weight is 208 g/mol. The fraction of sp³-hybridized carbons (Fsp3) is 0.727. The van der Waals surface area contributed by atoms with Gasteiger partial charge in [-0.15, -0.1) is 0 Å². The van der Waals surface area contributed by atoms with Crippen LogP contribution in [0.1, 0.15) is 26.2 Å². The van der Waals surface area contributed by atoms with Crippen LogP contribution >= 0.6 is 0 Å². The molecule has 0 aromatic carbocycles. The van der Waals surface area contributed by atoms with Gasteiger partial charge in [0.15, 0.2) is 0 Å². The third-order valence-corrected chi connectivity index (χ3v) is 3.33. The second-order valence-corrected chi connectivity index (χ2v) is 4.41. The summed E-state index contributed by atoms with van der Waals surface area (Å²) in [5.74, 6) is 1.05. The molecule has 2 atom stereocenters. The number of rotatable bonds is 2. The Kier molecular flexibility index (Phi) is 2.95. The summed E-state index contributed by atoms with van der Waals surface area (Å²) in [4.78, 5) is 6.80. The van der Waals surface area contributed by atoms with E-state index < -0.39 is 0 Å². The molecule has 1 fully saturated rings. The number of hydrogen-bond acceptors (Lipinski definition) is 3. The number of aryl methyl sites for hydroxylation is 1. The third kappa shape index (κ3) is 1.86. The molecule has 4 heteroatoms. The van der Waals surface area contributed by atoms with Gasteiger partial charge in [-0.25, -0.2) is 4.98 Å². The fourth-order valence-corrected chi connectivity index (χ4v) is 2.49. The number of hydrogen-bond donors (Lipinski definition) is 1. The Hall–Kier alpha value is -1.03. The van der Waals surface area contributed by atoms with E-state index in [1.54, 1.807) is 0 Å². The van der Waals surface area contributed by atoms with Crippen LogP contribution in [0.25, 0.3) is 0 Å². The van der Waals surface area contributed by atoms with Crippen LogP contribution in [0, 0.1) is 0 Å². The number of piperidine rings is 1. The molecule has 15 heavy (non-hydrogen) atoms. The maximum atomic E-state index is 5.83. The minimum Gasteiger partial charge on any atom is -0.335 e. The molecule has 1 aliphatic rings. The monoisotopic (exact) mass is 208 g/mol. The standard InChI is InChI=1S/C11H20N4/c1-9-4-3-5-10(8-12)15(9)11-13-6-7-14(11)2/h6-7,9-10H,3-5,8,12H2,1-2H3. The Labute approximate surface area is 91.1 Å². The van der Waals surface area contributed by atoms with E-state index in [0.717, 1.165) is 12.5 Å². The van der Waals surface area contributed by atoms with E-state index in [9.17, 15) is 0 Å². The highest BCUT2D eigenvalue weighted by Crippen LogP contribution is 2.26. The number of imidazole rings is 1. The maximum absolute atomic E-state index is 5.83. The summed E-state index contributed by atoms with van der Waals surface area (Å²) in [6.45, 7) is 2.98. The second-order valence-electron chi connectivity index (χ2n) is 4.41. The summed E-state index contributed by atoms with van der Waals surface area (Å²) < 4.78 is 2.07. The number of nitrogens with two attached hydrogens (primary N) is 1. The molecule has 0 saturated carbocycles. The Morgan fingerprint density at radius 3 is 2.93 bits per heavy atom. The largest absolute Gasteiger partial charge is 0.335 e. The van der Waals surface area contributed by atoms with Crippen molar-refractivity contribution in [1.29, 1.82) is 0 Å². The van der Waals surface area contributed by atoms with Crippen LogP contribution in [0.3, 0.4) is 0 Å². The second kappa shape index (κ2) is 4.23. The molecule has 1 aromatic rings. The van der Waals surface area contributed by atoms with Crippen LogP contribution in [0.2, 0.25) is 0 Å². The molecule has 2 rings (SSSR count). The smallest absolute Gasteiger partial charge is 0.205 e. The van der Waals surface area contributed by atoms with Crippen molar-refractivity contribution in [2.45, 2.75) is 38.3 Å². The van der Waals surface area contributed by atoms with Crippen molar-refractivity contribution in [3.8, 4) is 0 Å². The molecule has 0 bridgehead atoms. The zero-order valence-electron chi connectivity index (χ0n) is 9.56. The zero-order valence-corrected chi connectivity index (χ0v) is 9.56. The fourth-order valence-electron chi connectivity index (χ4n) is 2.49. The summed E-state index contributed by atoms with van der Waals surface area (Å²) in [6.07, 6.45) is 7.55. The predicted molar refractivity (Wildman–Crippen MR) is 61.8 cm³/mol. The molecule has 4 nitrogen and oxygen atoms in total. The Bertz CT molecular complexity index is 320. The van der Waals surface area contributed by atoms with Crippen molar-refractivity contribution < 1.29 is 0 Å². The summed E-state index contributed by atoms with van der Waals surface area (Å²) in [7, 11) is 2.04. The number of nitrogens with zero attached hydrogens (tertiary/aromatic N) is 3. The Balaban J connectivity index is 2.27. The minimum absolute atomic E-state index is 0.454. The van der Waals surface area contributed by atoms with Crippen LogP contribution < -0.4 is 10.6 Å². The van der Waals surface area contributed by atoms with Crippen molar-refractivity contribution >= 4 is 5.95 Å². The molecule has 1 aliphatic heterocycles. The van der Waals surface area contributed by atoms with Crippen LogP contribution in [0.5, 0.6) is 0 Å². The topological polar surface area (TPSA) is 47.1 Å². The van der Waals surface area contributed by atoms with E-state index in [1.807, 2.05) is 19.4 Å². The summed E-state index contributed by atoms with van der Waals surface area (Å²) in [5.41, 5.74) is 5.83. The first-order valence-electron chi connectivity index (χ1n) is 5.69. The van der Waals surface area contributed by atoms with E-state index in [0.29, 0.717) is 12.1 Å². The van der Waals surface area contributed by atoms with Gasteiger partial charge in [0.1, 0.15) is 0 Å². The van der Waals surface area contributed by atoms with Gasteiger partial charge >= 0.3 is 0 Å². The van der Waals surface area contributed by atoms with Gasteiger partial charge in [0.2, 0.25) is 5.95 Å². The van der Waals surface area contributed by atoms with Crippen LogP contribution in [-0.4, -0.2) is 28.2 Å². The quantitative estimate of drug-likeness (QED) is 0.792. The first-order chi connectivity index (χ1) is 7.24. The average Bonchev–Trinajstić information content (AvgIpc) is 2.64. The molecule has 0 aliphatic carbocycles. The van der Waals surface area contributed by atoms with Gasteiger partial charge in [0.25, 0.3) is 0 Å². The number of aromatic nitrogens is 2. The van der Waals surface area contributed by atoms with E-state index in [4.69, 9.17) is 5.73 Å². The van der Waals surface area contributed by atoms with Crippen LogP contribution in [-0.2, 0) is 7.05 Å². The van der Waals surface area contributed by atoms with Gasteiger partial charge in [-0.05, 0) is 26.2 Å². The molecule has 0 radical (unpaired) electrons. The highest BCUT2D eigenvalue weighted by molar-refractivity contribution is 5.35. The minimum atomic E-state index is 0.454. The van der Waals surface area contributed by atoms with Crippen molar-refractivity contribution in [2.75, 3.05) is 11.4 Å². The van der Waals surface area contributed by atoms with Gasteiger partial charge < -0.3 is 15.2 Å². The van der Waals surface area contributed by atoms with Gasteiger partial charge in [0.05, 0.1) is 0 Å². The van der Waals surface area contributed by atoms with E-state index in [1.165, 1.54) is 19.3 Å². The third-order valence-electron chi connectivity index (χ3n) is 3.33. The van der Waals surface area contributed by atoms with Crippen molar-refractivity contribution in [2.24, 2.45) is 12.8 Å².